The zero-order valence-corrected chi connectivity index (χ0v) is 12.6. The summed E-state index contributed by atoms with van der Waals surface area (Å²) < 4.78 is 62.7. The van der Waals surface area contributed by atoms with Crippen LogP contribution in [-0.4, -0.2) is 7.11 Å². The van der Waals surface area contributed by atoms with Gasteiger partial charge >= 0.3 is 0 Å². The lowest BCUT2D eigenvalue weighted by Gasteiger charge is -2.13. The van der Waals surface area contributed by atoms with Crippen molar-refractivity contribution in [1.29, 1.82) is 0 Å². The monoisotopic (exact) mass is 332 g/mol. The van der Waals surface area contributed by atoms with Crippen LogP contribution in [0.15, 0.2) is 54.6 Å². The number of halogens is 4. The standard InChI is InChI=1S/C19H12F4O/c1-24-13-9-7-12(8-10-13)15-18(22)16(20)14(17(21)19(15)23)11-5-3-2-4-6-11/h2-10H,1H3. The molecule has 5 heteroatoms. The first kappa shape index (κ1) is 16.1. The van der Waals surface area contributed by atoms with Crippen molar-refractivity contribution in [2.24, 2.45) is 0 Å². The molecule has 3 rings (SSSR count). The number of hydrogen-bond acceptors (Lipinski definition) is 1. The van der Waals surface area contributed by atoms with E-state index in [0.29, 0.717) is 5.75 Å². The average molecular weight is 332 g/mol. The molecule has 122 valence electrons. The Labute approximate surface area is 136 Å². The molecule has 0 spiro atoms. The molecule has 0 radical (unpaired) electrons. The van der Waals surface area contributed by atoms with E-state index in [1.54, 1.807) is 6.07 Å². The van der Waals surface area contributed by atoms with Crippen LogP contribution in [0.1, 0.15) is 0 Å². The molecule has 0 aliphatic heterocycles. The van der Waals surface area contributed by atoms with Crippen LogP contribution < -0.4 is 4.74 Å². The highest BCUT2D eigenvalue weighted by Crippen LogP contribution is 2.37. The van der Waals surface area contributed by atoms with Gasteiger partial charge in [0.2, 0.25) is 0 Å². The van der Waals surface area contributed by atoms with Crippen LogP contribution in [0.5, 0.6) is 5.75 Å². The fraction of sp³-hybridized carbons (Fsp3) is 0.0526. The van der Waals surface area contributed by atoms with Crippen LogP contribution in [0, 0.1) is 23.3 Å². The molecule has 0 bridgehead atoms. The van der Waals surface area contributed by atoms with E-state index < -0.39 is 34.4 Å². The van der Waals surface area contributed by atoms with Gasteiger partial charge in [0.1, 0.15) is 5.75 Å². The molecule has 0 aliphatic carbocycles. The van der Waals surface area contributed by atoms with Crippen LogP contribution in [0.4, 0.5) is 17.6 Å². The van der Waals surface area contributed by atoms with Gasteiger partial charge < -0.3 is 4.74 Å². The van der Waals surface area contributed by atoms with Crippen molar-refractivity contribution in [2.75, 3.05) is 7.11 Å². The third kappa shape index (κ3) is 2.62. The molecule has 3 aromatic carbocycles. The van der Waals surface area contributed by atoms with E-state index >= 15 is 0 Å². The molecule has 0 N–H and O–H groups in total. The molecule has 0 saturated heterocycles. The summed E-state index contributed by atoms with van der Waals surface area (Å²) in [5.74, 6) is -5.26. The molecule has 0 heterocycles. The van der Waals surface area contributed by atoms with Gasteiger partial charge in [0.05, 0.1) is 18.2 Å². The molecule has 1 nitrogen and oxygen atoms in total. The van der Waals surface area contributed by atoms with Gasteiger partial charge in [-0.2, -0.15) is 0 Å². The van der Waals surface area contributed by atoms with E-state index in [1.807, 2.05) is 0 Å². The molecule has 0 fully saturated rings. The maximum absolute atomic E-state index is 14.4. The van der Waals surface area contributed by atoms with Crippen molar-refractivity contribution < 1.29 is 22.3 Å². The Balaban J connectivity index is 2.23. The van der Waals surface area contributed by atoms with Crippen molar-refractivity contribution in [3.8, 4) is 28.0 Å². The van der Waals surface area contributed by atoms with Gasteiger partial charge in [-0.05, 0) is 23.3 Å². The van der Waals surface area contributed by atoms with Gasteiger partial charge in [-0.25, -0.2) is 17.6 Å². The number of methoxy groups -OCH3 is 1. The van der Waals surface area contributed by atoms with Crippen molar-refractivity contribution >= 4 is 0 Å². The molecular formula is C19H12F4O. The van der Waals surface area contributed by atoms with Gasteiger partial charge in [-0.3, -0.25) is 0 Å². The Bertz CT molecular complexity index is 845. The minimum absolute atomic E-state index is 0.0169. The van der Waals surface area contributed by atoms with Crippen LogP contribution in [0.3, 0.4) is 0 Å². The van der Waals surface area contributed by atoms with Gasteiger partial charge in [0, 0.05) is 0 Å². The van der Waals surface area contributed by atoms with E-state index in [1.165, 1.54) is 55.6 Å². The van der Waals surface area contributed by atoms with Crippen LogP contribution in [-0.2, 0) is 0 Å². The third-order valence-electron chi connectivity index (χ3n) is 3.70. The van der Waals surface area contributed by atoms with E-state index in [9.17, 15) is 17.6 Å². The zero-order valence-electron chi connectivity index (χ0n) is 12.6. The van der Waals surface area contributed by atoms with Crippen molar-refractivity contribution in [3.63, 3.8) is 0 Å². The summed E-state index contributed by atoms with van der Waals surface area (Å²) >= 11 is 0. The van der Waals surface area contributed by atoms with Crippen molar-refractivity contribution in [3.05, 3.63) is 77.9 Å². The summed E-state index contributed by atoms with van der Waals surface area (Å²) in [6, 6.07) is 13.0. The molecule has 0 aliphatic rings. The van der Waals surface area contributed by atoms with E-state index in [4.69, 9.17) is 4.74 Å². The third-order valence-corrected chi connectivity index (χ3v) is 3.70. The Hall–Kier alpha value is -2.82. The Morgan fingerprint density at radius 2 is 1.00 bits per heavy atom. The Kier molecular flexibility index (Phi) is 4.25. The summed E-state index contributed by atoms with van der Waals surface area (Å²) in [5.41, 5.74) is -1.38. The fourth-order valence-electron chi connectivity index (χ4n) is 2.50. The molecule has 0 atom stereocenters. The van der Waals surface area contributed by atoms with E-state index in [-0.39, 0.29) is 11.1 Å². The normalized spacial score (nSPS) is 10.7. The first-order chi connectivity index (χ1) is 11.5. The topological polar surface area (TPSA) is 9.23 Å². The number of rotatable bonds is 3. The highest BCUT2D eigenvalue weighted by molar-refractivity contribution is 5.73. The number of benzene rings is 3. The molecule has 0 aromatic heterocycles. The summed E-state index contributed by atoms with van der Waals surface area (Å²) in [6.45, 7) is 0. The first-order valence-electron chi connectivity index (χ1n) is 7.10. The second-order valence-electron chi connectivity index (χ2n) is 5.10. The average Bonchev–Trinajstić information content (AvgIpc) is 2.62. The maximum Gasteiger partial charge on any atom is 0.170 e. The van der Waals surface area contributed by atoms with Gasteiger partial charge in [0.25, 0.3) is 0 Å². The first-order valence-corrected chi connectivity index (χ1v) is 7.10. The predicted molar refractivity (Wildman–Crippen MR) is 83.7 cm³/mol. The second-order valence-corrected chi connectivity index (χ2v) is 5.10. The van der Waals surface area contributed by atoms with E-state index in [0.717, 1.165) is 0 Å². The number of ether oxygens (including phenoxy) is 1. The molecule has 24 heavy (non-hydrogen) atoms. The van der Waals surface area contributed by atoms with Crippen LogP contribution in [0.2, 0.25) is 0 Å². The van der Waals surface area contributed by atoms with Gasteiger partial charge in [0.15, 0.2) is 23.3 Å². The lowest BCUT2D eigenvalue weighted by molar-refractivity contribution is 0.415. The summed E-state index contributed by atoms with van der Waals surface area (Å²) in [4.78, 5) is 0. The van der Waals surface area contributed by atoms with Gasteiger partial charge in [-0.15, -0.1) is 0 Å². The fourth-order valence-corrected chi connectivity index (χ4v) is 2.50. The highest BCUT2D eigenvalue weighted by Gasteiger charge is 2.26. The lowest BCUT2D eigenvalue weighted by atomic mass is 9.97. The highest BCUT2D eigenvalue weighted by atomic mass is 19.2. The maximum atomic E-state index is 14.4. The Morgan fingerprint density at radius 1 is 0.583 bits per heavy atom. The SMILES string of the molecule is COc1ccc(-c2c(F)c(F)c(-c3ccccc3)c(F)c2F)cc1. The molecule has 3 aromatic rings. The van der Waals surface area contributed by atoms with E-state index in [2.05, 4.69) is 0 Å². The van der Waals surface area contributed by atoms with Crippen molar-refractivity contribution in [2.45, 2.75) is 0 Å². The summed E-state index contributed by atoms with van der Waals surface area (Å²) in [7, 11) is 1.43. The minimum atomic E-state index is -1.43. The lowest BCUT2D eigenvalue weighted by Crippen LogP contribution is -2.03. The van der Waals surface area contributed by atoms with Crippen LogP contribution in [0.25, 0.3) is 22.3 Å². The molecular weight excluding hydrogens is 320 g/mol. The van der Waals surface area contributed by atoms with Crippen molar-refractivity contribution in [1.82, 2.24) is 0 Å². The second kappa shape index (κ2) is 6.35. The molecule has 0 amide bonds. The molecule has 0 unspecified atom stereocenters. The predicted octanol–water partition coefficient (Wildman–Crippen LogP) is 5.59. The number of hydrogen-bond donors (Lipinski definition) is 0. The quantitative estimate of drug-likeness (QED) is 0.449. The van der Waals surface area contributed by atoms with Gasteiger partial charge in [-0.1, -0.05) is 42.5 Å². The zero-order chi connectivity index (χ0) is 17.3. The summed E-state index contributed by atoms with van der Waals surface area (Å²) in [6.07, 6.45) is 0. The summed E-state index contributed by atoms with van der Waals surface area (Å²) in [5, 5.41) is 0. The largest absolute Gasteiger partial charge is 0.497 e. The minimum Gasteiger partial charge on any atom is -0.497 e. The smallest absolute Gasteiger partial charge is 0.170 e. The van der Waals surface area contributed by atoms with Crippen LogP contribution >= 0.6 is 0 Å². The molecule has 0 saturated carbocycles. The Morgan fingerprint density at radius 3 is 1.42 bits per heavy atom.